The van der Waals surface area contributed by atoms with Crippen LogP contribution in [0.15, 0.2) is 24.3 Å². The third-order valence-corrected chi connectivity index (χ3v) is 5.55. The number of benzene rings is 1. The smallest absolute Gasteiger partial charge is 0.325 e. The lowest BCUT2D eigenvalue weighted by Crippen LogP contribution is -2.39. The van der Waals surface area contributed by atoms with Crippen molar-refractivity contribution < 1.29 is 32.3 Å². The molecule has 1 saturated heterocycles. The molecule has 1 atom stereocenters. The van der Waals surface area contributed by atoms with Gasteiger partial charge in [0.05, 0.1) is 23.7 Å². The molecule has 1 aromatic rings. The Labute approximate surface area is 157 Å². The average molecular weight is 398 g/mol. The summed E-state index contributed by atoms with van der Waals surface area (Å²) in [5.41, 5.74) is 0.285. The van der Waals surface area contributed by atoms with Crippen molar-refractivity contribution in [1.29, 1.82) is 0 Å². The molecule has 0 spiro atoms. The van der Waals surface area contributed by atoms with Gasteiger partial charge in [-0.25, -0.2) is 8.42 Å². The minimum atomic E-state index is -3.10. The number of esters is 1. The topological polar surface area (TPSA) is 128 Å². The minimum absolute atomic E-state index is 0.0347. The van der Waals surface area contributed by atoms with Gasteiger partial charge in [0.1, 0.15) is 12.3 Å². The second kappa shape index (κ2) is 9.36. The summed E-state index contributed by atoms with van der Waals surface area (Å²) >= 11 is 0. The molecule has 2 N–H and O–H groups in total. The Kier molecular flexibility index (Phi) is 7.17. The Morgan fingerprint density at radius 2 is 1.96 bits per heavy atom. The maximum absolute atomic E-state index is 12.1. The van der Waals surface area contributed by atoms with E-state index in [-0.39, 0.29) is 17.1 Å². The molecule has 10 heteroatoms. The second-order valence-corrected chi connectivity index (χ2v) is 8.17. The Morgan fingerprint density at radius 1 is 1.22 bits per heavy atom. The van der Waals surface area contributed by atoms with Crippen LogP contribution in [0, 0.1) is 0 Å². The number of carbonyl (C=O) groups excluding carboxylic acids is 3. The lowest BCUT2D eigenvalue weighted by Gasteiger charge is -2.12. The molecule has 2 amide bonds. The molecule has 27 heavy (non-hydrogen) atoms. The maximum atomic E-state index is 12.1. The molecular formula is C17H22N2O7S. The summed E-state index contributed by atoms with van der Waals surface area (Å²) in [6.45, 7) is 1.23. The molecule has 0 radical (unpaired) electrons. The van der Waals surface area contributed by atoms with Gasteiger partial charge in [-0.3, -0.25) is 14.4 Å². The van der Waals surface area contributed by atoms with Crippen molar-refractivity contribution in [2.24, 2.45) is 0 Å². The first-order valence-electron chi connectivity index (χ1n) is 8.46. The highest BCUT2D eigenvalue weighted by atomic mass is 32.2. The van der Waals surface area contributed by atoms with E-state index in [9.17, 15) is 22.8 Å². The first kappa shape index (κ1) is 20.7. The van der Waals surface area contributed by atoms with Gasteiger partial charge in [0.25, 0.3) is 11.8 Å². The van der Waals surface area contributed by atoms with Gasteiger partial charge in [0, 0.05) is 6.04 Å². The fourth-order valence-corrected chi connectivity index (χ4v) is 4.23. The number of hydrogen-bond donors (Lipinski definition) is 2. The van der Waals surface area contributed by atoms with E-state index in [4.69, 9.17) is 9.47 Å². The molecule has 0 aliphatic carbocycles. The van der Waals surface area contributed by atoms with Gasteiger partial charge in [-0.05, 0) is 25.5 Å². The van der Waals surface area contributed by atoms with Crippen LogP contribution in [0.3, 0.4) is 0 Å². The van der Waals surface area contributed by atoms with Crippen molar-refractivity contribution in [3.05, 3.63) is 29.8 Å². The van der Waals surface area contributed by atoms with E-state index >= 15 is 0 Å². The number of rotatable bonds is 8. The van der Waals surface area contributed by atoms with Crippen LogP contribution < -0.4 is 15.4 Å². The average Bonchev–Trinajstić information content (AvgIpc) is 2.97. The number of carbonyl (C=O) groups is 3. The van der Waals surface area contributed by atoms with E-state index in [1.165, 1.54) is 0 Å². The molecule has 0 unspecified atom stereocenters. The summed E-state index contributed by atoms with van der Waals surface area (Å²) in [5.74, 6) is -1.55. The van der Waals surface area contributed by atoms with E-state index < -0.39 is 46.8 Å². The molecule has 0 aromatic heterocycles. The molecule has 1 aliphatic rings. The summed E-state index contributed by atoms with van der Waals surface area (Å²) in [6.07, 6.45) is 0.345. The van der Waals surface area contributed by atoms with Gasteiger partial charge in [-0.2, -0.15) is 0 Å². The number of nitrogens with one attached hydrogen (secondary N) is 2. The lowest BCUT2D eigenvalue weighted by atomic mass is 10.2. The molecule has 9 nitrogen and oxygen atoms in total. The molecule has 148 valence electrons. The highest BCUT2D eigenvalue weighted by molar-refractivity contribution is 7.91. The van der Waals surface area contributed by atoms with Crippen LogP contribution in [0.2, 0.25) is 0 Å². The summed E-state index contributed by atoms with van der Waals surface area (Å²) in [7, 11) is -3.10. The zero-order valence-corrected chi connectivity index (χ0v) is 15.7. The lowest BCUT2D eigenvalue weighted by molar-refractivity contribution is -0.147. The normalized spacial score (nSPS) is 17.7. The number of para-hydroxylation sites is 1. The van der Waals surface area contributed by atoms with Crippen molar-refractivity contribution >= 4 is 27.6 Å². The van der Waals surface area contributed by atoms with E-state index in [0.717, 1.165) is 0 Å². The fraction of sp³-hybridized carbons (Fsp3) is 0.471. The number of hydrogen-bond acceptors (Lipinski definition) is 7. The molecule has 1 aliphatic heterocycles. The predicted molar refractivity (Wildman–Crippen MR) is 96.1 cm³/mol. The summed E-state index contributed by atoms with van der Waals surface area (Å²) in [5, 5.41) is 4.90. The van der Waals surface area contributed by atoms with E-state index in [2.05, 4.69) is 10.6 Å². The van der Waals surface area contributed by atoms with E-state index in [1.54, 1.807) is 31.2 Å². The third kappa shape index (κ3) is 6.55. The van der Waals surface area contributed by atoms with Crippen LogP contribution in [0.1, 0.15) is 23.7 Å². The molecule has 1 aromatic carbocycles. The van der Waals surface area contributed by atoms with Gasteiger partial charge in [0.2, 0.25) is 0 Å². The van der Waals surface area contributed by atoms with Crippen LogP contribution in [0.5, 0.6) is 5.75 Å². The Morgan fingerprint density at radius 3 is 2.63 bits per heavy atom. The van der Waals surface area contributed by atoms with Crippen molar-refractivity contribution in [2.45, 2.75) is 19.4 Å². The third-order valence-electron chi connectivity index (χ3n) is 3.79. The molecule has 0 bridgehead atoms. The van der Waals surface area contributed by atoms with Gasteiger partial charge in [0.15, 0.2) is 16.4 Å². The van der Waals surface area contributed by atoms with Gasteiger partial charge >= 0.3 is 5.97 Å². The van der Waals surface area contributed by atoms with Crippen LogP contribution >= 0.6 is 0 Å². The van der Waals surface area contributed by atoms with Crippen LogP contribution in [-0.4, -0.2) is 63.5 Å². The summed E-state index contributed by atoms with van der Waals surface area (Å²) in [4.78, 5) is 35.5. The molecule has 1 heterocycles. The number of ether oxygens (including phenoxy) is 2. The standard InChI is InChI=1S/C17H22N2O7S/c1-2-25-14-6-4-3-5-13(14)17(22)18-9-16(21)26-10-15(20)19-12-7-8-27(23,24)11-12/h3-6,12H,2,7-11H2,1H3,(H,18,22)(H,19,20)/t12-/m0/s1. The Balaban J connectivity index is 1.73. The second-order valence-electron chi connectivity index (χ2n) is 5.94. The zero-order valence-electron chi connectivity index (χ0n) is 14.9. The van der Waals surface area contributed by atoms with Crippen molar-refractivity contribution in [3.8, 4) is 5.75 Å². The fourth-order valence-electron chi connectivity index (χ4n) is 2.56. The predicted octanol–water partition coefficient (Wildman–Crippen LogP) is -0.338. The Hall–Kier alpha value is -2.62. The van der Waals surface area contributed by atoms with Crippen LogP contribution in [0.4, 0.5) is 0 Å². The molecule has 0 saturated carbocycles. The molecule has 2 rings (SSSR count). The van der Waals surface area contributed by atoms with Gasteiger partial charge in [-0.15, -0.1) is 0 Å². The first-order chi connectivity index (χ1) is 12.8. The SMILES string of the molecule is CCOc1ccccc1C(=O)NCC(=O)OCC(=O)N[C@H]1CCS(=O)(=O)C1. The first-order valence-corrected chi connectivity index (χ1v) is 10.3. The highest BCUT2D eigenvalue weighted by Crippen LogP contribution is 2.17. The number of sulfone groups is 1. The van der Waals surface area contributed by atoms with Gasteiger partial charge < -0.3 is 20.1 Å². The van der Waals surface area contributed by atoms with Crippen LogP contribution in [-0.2, 0) is 24.2 Å². The van der Waals surface area contributed by atoms with Gasteiger partial charge in [-0.1, -0.05) is 12.1 Å². The van der Waals surface area contributed by atoms with Crippen LogP contribution in [0.25, 0.3) is 0 Å². The molecule has 1 fully saturated rings. The zero-order chi connectivity index (χ0) is 19.9. The summed E-state index contributed by atoms with van der Waals surface area (Å²) in [6, 6.07) is 6.14. The number of amides is 2. The van der Waals surface area contributed by atoms with E-state index in [0.29, 0.717) is 18.8 Å². The van der Waals surface area contributed by atoms with Crippen molar-refractivity contribution in [1.82, 2.24) is 10.6 Å². The monoisotopic (exact) mass is 398 g/mol. The summed E-state index contributed by atoms with van der Waals surface area (Å²) < 4.78 is 32.8. The van der Waals surface area contributed by atoms with E-state index in [1.807, 2.05) is 0 Å². The maximum Gasteiger partial charge on any atom is 0.325 e. The Bertz CT molecular complexity index is 807. The van der Waals surface area contributed by atoms with Crippen molar-refractivity contribution in [3.63, 3.8) is 0 Å². The van der Waals surface area contributed by atoms with Crippen molar-refractivity contribution in [2.75, 3.05) is 31.3 Å². The largest absolute Gasteiger partial charge is 0.493 e. The minimum Gasteiger partial charge on any atom is -0.493 e. The molecular weight excluding hydrogens is 376 g/mol. The quantitative estimate of drug-likeness (QED) is 0.574. The highest BCUT2D eigenvalue weighted by Gasteiger charge is 2.29.